The van der Waals surface area contributed by atoms with Crippen molar-refractivity contribution >= 4 is 23.4 Å². The van der Waals surface area contributed by atoms with Gasteiger partial charge in [-0.15, -0.1) is 11.3 Å². The predicted molar refractivity (Wildman–Crippen MR) is 115 cm³/mol. The monoisotopic (exact) mass is 409 g/mol. The predicted octanol–water partition coefficient (Wildman–Crippen LogP) is 3.58. The van der Waals surface area contributed by atoms with Gasteiger partial charge in [0.15, 0.2) is 5.96 Å². The lowest BCUT2D eigenvalue weighted by molar-refractivity contribution is 0.0185. The summed E-state index contributed by atoms with van der Waals surface area (Å²) in [4.78, 5) is 22.9. The number of nitrogens with zero attached hydrogens (tertiary/aromatic N) is 3. The van der Waals surface area contributed by atoms with E-state index < -0.39 is 5.60 Å². The number of nitrogens with one attached hydrogen (secondary N) is 2. The standard InChI is InChI=1S/C20H35N5O2S/c1-14(2)16-13-28-17(24-16)12-23-18(21-6)22-11-15-7-9-25(10-8-15)19(26)27-20(3,4)5/h13-15H,7-12H2,1-6H3,(H2,21,22,23). The van der Waals surface area contributed by atoms with Gasteiger partial charge in [-0.25, -0.2) is 9.78 Å². The van der Waals surface area contributed by atoms with Crippen molar-refractivity contribution in [3.05, 3.63) is 16.1 Å². The summed E-state index contributed by atoms with van der Waals surface area (Å²) in [7, 11) is 1.78. The zero-order valence-electron chi connectivity index (χ0n) is 18.0. The highest BCUT2D eigenvalue weighted by Gasteiger charge is 2.26. The first kappa shape index (κ1) is 22.5. The third-order valence-corrected chi connectivity index (χ3v) is 5.48. The molecule has 1 saturated heterocycles. The van der Waals surface area contributed by atoms with Crippen molar-refractivity contribution in [3.8, 4) is 0 Å². The second kappa shape index (κ2) is 10.1. The van der Waals surface area contributed by atoms with E-state index in [1.54, 1.807) is 18.4 Å². The second-order valence-corrected chi connectivity index (χ2v) is 9.48. The molecule has 1 fully saturated rings. The Morgan fingerprint density at radius 1 is 1.36 bits per heavy atom. The molecule has 0 radical (unpaired) electrons. The Morgan fingerprint density at radius 3 is 2.57 bits per heavy atom. The number of ether oxygens (including phenoxy) is 1. The average molecular weight is 410 g/mol. The van der Waals surface area contributed by atoms with Crippen LogP contribution in [0.3, 0.4) is 0 Å². The summed E-state index contributed by atoms with van der Waals surface area (Å²) in [6, 6.07) is 0. The lowest BCUT2D eigenvalue weighted by Crippen LogP contribution is -2.45. The molecule has 0 aromatic carbocycles. The molecule has 1 aromatic heterocycles. The molecule has 1 aliphatic rings. The maximum absolute atomic E-state index is 12.2. The van der Waals surface area contributed by atoms with Crippen molar-refractivity contribution in [2.75, 3.05) is 26.7 Å². The lowest BCUT2D eigenvalue weighted by atomic mass is 9.97. The molecule has 28 heavy (non-hydrogen) atoms. The van der Waals surface area contributed by atoms with E-state index in [-0.39, 0.29) is 6.09 Å². The van der Waals surface area contributed by atoms with Gasteiger partial charge < -0.3 is 20.3 Å². The molecule has 1 aliphatic heterocycles. The number of likely N-dealkylation sites (tertiary alicyclic amines) is 1. The molecule has 2 rings (SSSR count). The van der Waals surface area contributed by atoms with Gasteiger partial charge in [0.05, 0.1) is 12.2 Å². The fourth-order valence-electron chi connectivity index (χ4n) is 2.94. The Kier molecular flexibility index (Phi) is 8.10. The summed E-state index contributed by atoms with van der Waals surface area (Å²) >= 11 is 1.68. The van der Waals surface area contributed by atoms with Crippen molar-refractivity contribution in [1.82, 2.24) is 20.5 Å². The molecule has 0 unspecified atom stereocenters. The summed E-state index contributed by atoms with van der Waals surface area (Å²) in [5, 5.41) is 9.92. The summed E-state index contributed by atoms with van der Waals surface area (Å²) < 4.78 is 5.46. The summed E-state index contributed by atoms with van der Waals surface area (Å²) in [5.41, 5.74) is 0.697. The van der Waals surface area contributed by atoms with E-state index in [1.807, 2.05) is 25.7 Å². The first-order chi connectivity index (χ1) is 13.2. The van der Waals surface area contributed by atoms with Gasteiger partial charge in [-0.05, 0) is 45.4 Å². The minimum absolute atomic E-state index is 0.208. The number of aliphatic imine (C=N–C) groups is 1. The van der Waals surface area contributed by atoms with E-state index in [4.69, 9.17) is 4.74 Å². The summed E-state index contributed by atoms with van der Waals surface area (Å²) in [6.45, 7) is 13.0. The quantitative estimate of drug-likeness (QED) is 0.574. The molecule has 7 nitrogen and oxygen atoms in total. The molecule has 158 valence electrons. The van der Waals surface area contributed by atoms with E-state index >= 15 is 0 Å². The van der Waals surface area contributed by atoms with Crippen LogP contribution < -0.4 is 10.6 Å². The summed E-state index contributed by atoms with van der Waals surface area (Å²) in [6.07, 6.45) is 1.72. The van der Waals surface area contributed by atoms with Crippen molar-refractivity contribution in [2.45, 2.75) is 65.5 Å². The SMILES string of the molecule is CN=C(NCc1nc(C(C)C)cs1)NCC1CCN(C(=O)OC(C)(C)C)CC1. The topological polar surface area (TPSA) is 78.9 Å². The molecule has 0 saturated carbocycles. The van der Waals surface area contributed by atoms with E-state index in [0.717, 1.165) is 49.1 Å². The maximum Gasteiger partial charge on any atom is 0.410 e. The van der Waals surface area contributed by atoms with Gasteiger partial charge in [0.25, 0.3) is 0 Å². The Morgan fingerprint density at radius 2 is 2.04 bits per heavy atom. The molecular weight excluding hydrogens is 374 g/mol. The van der Waals surface area contributed by atoms with Crippen LogP contribution >= 0.6 is 11.3 Å². The largest absolute Gasteiger partial charge is 0.444 e. The number of guanidine groups is 1. The molecule has 1 aromatic rings. The zero-order valence-corrected chi connectivity index (χ0v) is 18.9. The van der Waals surface area contributed by atoms with Crippen LogP contribution in [0.4, 0.5) is 4.79 Å². The van der Waals surface area contributed by atoms with Crippen LogP contribution in [0.25, 0.3) is 0 Å². The minimum atomic E-state index is -0.443. The van der Waals surface area contributed by atoms with Crippen molar-refractivity contribution in [2.24, 2.45) is 10.9 Å². The number of hydrogen-bond acceptors (Lipinski definition) is 5. The molecule has 0 spiro atoms. The van der Waals surface area contributed by atoms with Crippen molar-refractivity contribution < 1.29 is 9.53 Å². The Hall–Kier alpha value is -1.83. The van der Waals surface area contributed by atoms with Crippen LogP contribution in [0.15, 0.2) is 10.4 Å². The van der Waals surface area contributed by atoms with E-state index in [9.17, 15) is 4.79 Å². The van der Waals surface area contributed by atoms with Crippen molar-refractivity contribution in [1.29, 1.82) is 0 Å². The van der Waals surface area contributed by atoms with Gasteiger partial charge in [0, 0.05) is 32.1 Å². The Labute approximate surface area is 173 Å². The molecule has 0 atom stereocenters. The van der Waals surface area contributed by atoms with Gasteiger partial charge >= 0.3 is 6.09 Å². The van der Waals surface area contributed by atoms with Crippen LogP contribution in [0.5, 0.6) is 0 Å². The number of rotatable bonds is 5. The van der Waals surface area contributed by atoms with Crippen LogP contribution in [-0.4, -0.2) is 54.2 Å². The highest BCUT2D eigenvalue weighted by atomic mass is 32.1. The van der Waals surface area contributed by atoms with Crippen LogP contribution in [0, 0.1) is 5.92 Å². The highest BCUT2D eigenvalue weighted by Crippen LogP contribution is 2.19. The fourth-order valence-corrected chi connectivity index (χ4v) is 3.83. The van der Waals surface area contributed by atoms with Gasteiger partial charge in [-0.3, -0.25) is 4.99 Å². The number of carbonyl (C=O) groups excluding carboxylic acids is 1. The van der Waals surface area contributed by atoms with Crippen molar-refractivity contribution in [3.63, 3.8) is 0 Å². The van der Waals surface area contributed by atoms with Gasteiger partial charge in [-0.1, -0.05) is 13.8 Å². The van der Waals surface area contributed by atoms with Crippen LogP contribution in [0.1, 0.15) is 64.1 Å². The first-order valence-electron chi connectivity index (χ1n) is 10.0. The molecule has 0 aliphatic carbocycles. The normalized spacial score (nSPS) is 16.4. The third-order valence-electron chi connectivity index (χ3n) is 4.62. The van der Waals surface area contributed by atoms with Gasteiger partial charge in [0.1, 0.15) is 10.6 Å². The lowest BCUT2D eigenvalue weighted by Gasteiger charge is -2.33. The molecule has 1 amide bonds. The van der Waals surface area contributed by atoms with Gasteiger partial charge in [0.2, 0.25) is 0 Å². The smallest absolute Gasteiger partial charge is 0.410 e. The highest BCUT2D eigenvalue weighted by molar-refractivity contribution is 7.09. The maximum atomic E-state index is 12.2. The first-order valence-corrected chi connectivity index (χ1v) is 10.9. The molecule has 0 bridgehead atoms. The molecular formula is C20H35N5O2S. The number of hydrogen-bond donors (Lipinski definition) is 2. The number of aromatic nitrogens is 1. The minimum Gasteiger partial charge on any atom is -0.444 e. The zero-order chi connectivity index (χ0) is 20.7. The van der Waals surface area contributed by atoms with E-state index in [1.165, 1.54) is 0 Å². The molecule has 2 heterocycles. The van der Waals surface area contributed by atoms with Gasteiger partial charge in [-0.2, -0.15) is 0 Å². The molecule has 8 heteroatoms. The summed E-state index contributed by atoms with van der Waals surface area (Å²) in [5.74, 6) is 1.76. The number of carbonyl (C=O) groups is 1. The fraction of sp³-hybridized carbons (Fsp3) is 0.750. The number of amides is 1. The third kappa shape index (κ3) is 7.30. The number of piperidine rings is 1. The van der Waals surface area contributed by atoms with Crippen LogP contribution in [-0.2, 0) is 11.3 Å². The van der Waals surface area contributed by atoms with Crippen LogP contribution in [0.2, 0.25) is 0 Å². The van der Waals surface area contributed by atoms with E-state index in [0.29, 0.717) is 18.4 Å². The van der Waals surface area contributed by atoms with E-state index in [2.05, 4.69) is 39.8 Å². The molecule has 2 N–H and O–H groups in total. The second-order valence-electron chi connectivity index (χ2n) is 8.54. The Balaban J connectivity index is 1.70. The Bertz CT molecular complexity index is 658. The average Bonchev–Trinajstić information content (AvgIpc) is 3.10. The number of thiazole rings is 1.